The van der Waals surface area contributed by atoms with Gasteiger partial charge in [0.05, 0.1) is 6.54 Å². The molecule has 19 heteroatoms. The van der Waals surface area contributed by atoms with Crippen molar-refractivity contribution < 1.29 is 62.1 Å². The SMILES string of the molecule is O=C=NCCCCCCNC(=O)OCC[n+]1ccccc1.O=S(=O)([N-]S(=O)(=O)C(F)(F)F)C(F)(F)F. The van der Waals surface area contributed by atoms with Gasteiger partial charge in [-0.3, -0.25) is 0 Å². The smallest absolute Gasteiger partial charge is 0.443 e. The molecule has 206 valence electrons. The third-order valence-corrected chi connectivity index (χ3v) is 6.41. The molecule has 1 N–H and O–H groups in total. The van der Waals surface area contributed by atoms with E-state index in [1.54, 1.807) is 0 Å². The van der Waals surface area contributed by atoms with Crippen LogP contribution in [0.1, 0.15) is 25.7 Å². The molecule has 0 aromatic carbocycles. The molecular weight excluding hydrogens is 550 g/mol. The monoisotopic (exact) mass is 572 g/mol. The van der Waals surface area contributed by atoms with E-state index in [9.17, 15) is 52.8 Å². The van der Waals surface area contributed by atoms with Gasteiger partial charge in [0, 0.05) is 18.7 Å². The van der Waals surface area contributed by atoms with Crippen LogP contribution >= 0.6 is 0 Å². The summed E-state index contributed by atoms with van der Waals surface area (Å²) in [5.74, 6) is 0. The van der Waals surface area contributed by atoms with E-state index in [0.717, 1.165) is 29.8 Å². The number of sulfonamides is 2. The molecule has 0 bridgehead atoms. The molecule has 0 fully saturated rings. The topological polar surface area (TPSA) is 154 Å². The number of pyridine rings is 1. The van der Waals surface area contributed by atoms with E-state index in [2.05, 4.69) is 10.3 Å². The van der Waals surface area contributed by atoms with Crippen LogP contribution in [-0.2, 0) is 36.1 Å². The molecule has 0 unspecified atom stereocenters. The second kappa shape index (κ2) is 15.4. The van der Waals surface area contributed by atoms with E-state index >= 15 is 0 Å². The minimum Gasteiger partial charge on any atom is -0.443 e. The summed E-state index contributed by atoms with van der Waals surface area (Å²) in [5.41, 5.74) is -12.4. The third-order valence-electron chi connectivity index (χ3n) is 3.67. The van der Waals surface area contributed by atoms with Crippen LogP contribution < -0.4 is 9.88 Å². The largest absolute Gasteiger partial charge is 0.480 e. The van der Waals surface area contributed by atoms with E-state index in [1.165, 1.54) is 6.08 Å². The lowest BCUT2D eigenvalue weighted by molar-refractivity contribution is -0.697. The molecule has 36 heavy (non-hydrogen) atoms. The van der Waals surface area contributed by atoms with E-state index in [-0.39, 0.29) is 6.09 Å². The summed E-state index contributed by atoms with van der Waals surface area (Å²) in [6.07, 6.45) is 8.76. The standard InChI is InChI=1S/C15H21N3O3.C2F6NO4S2/c19-14-16-8-4-1-2-5-9-17-15(20)21-13-12-18-10-6-3-7-11-18;3-1(4,5)14(10,11)9-15(12,13)2(6,7)8/h3,6-7,10-11H,1-2,4-5,8-9,12-13H2;/q;-1/p+1. The number of hydrogen-bond donors (Lipinski definition) is 1. The molecule has 0 aliphatic carbocycles. The number of carbonyl (C=O) groups excluding carboxylic acids is 2. The summed E-state index contributed by atoms with van der Waals surface area (Å²) in [6, 6.07) is 5.80. The van der Waals surface area contributed by atoms with Crippen molar-refractivity contribution in [2.24, 2.45) is 4.99 Å². The van der Waals surface area contributed by atoms with Crippen LogP contribution in [0.4, 0.5) is 31.1 Å². The van der Waals surface area contributed by atoms with Gasteiger partial charge < -0.3 is 14.2 Å². The summed E-state index contributed by atoms with van der Waals surface area (Å²) in [7, 11) is -13.4. The fourth-order valence-corrected chi connectivity index (χ4v) is 3.71. The number of alkyl carbamates (subject to hydrolysis) is 1. The first-order chi connectivity index (χ1) is 16.5. The van der Waals surface area contributed by atoms with Crippen molar-refractivity contribution in [3.05, 3.63) is 34.7 Å². The Morgan fingerprint density at radius 1 is 0.917 bits per heavy atom. The molecule has 1 aromatic heterocycles. The number of hydrogen-bond acceptors (Lipinski definition) is 8. The molecule has 1 amide bonds. The second-order valence-electron chi connectivity index (χ2n) is 6.48. The lowest BCUT2D eigenvalue weighted by Gasteiger charge is -2.22. The maximum atomic E-state index is 11.4. The lowest BCUT2D eigenvalue weighted by Crippen LogP contribution is -2.36. The molecule has 1 rings (SSSR count). The molecule has 0 atom stereocenters. The Morgan fingerprint density at radius 3 is 1.94 bits per heavy atom. The van der Waals surface area contributed by atoms with Crippen molar-refractivity contribution >= 4 is 32.2 Å². The van der Waals surface area contributed by atoms with Crippen LogP contribution in [0.25, 0.3) is 4.13 Å². The van der Waals surface area contributed by atoms with E-state index in [0.29, 0.717) is 26.2 Å². The Hall–Kier alpha value is -2.76. The number of aromatic nitrogens is 1. The van der Waals surface area contributed by atoms with Gasteiger partial charge in [0.25, 0.3) is 0 Å². The number of halogens is 6. The molecule has 0 aliphatic rings. The predicted octanol–water partition coefficient (Wildman–Crippen LogP) is 2.66. The molecule has 0 saturated heterocycles. The Kier molecular flexibility index (Phi) is 14.2. The summed E-state index contributed by atoms with van der Waals surface area (Å²) < 4.78 is 116. The van der Waals surface area contributed by atoms with Crippen LogP contribution in [-0.4, -0.2) is 59.7 Å². The van der Waals surface area contributed by atoms with Gasteiger partial charge in [0.2, 0.25) is 6.08 Å². The first-order valence-electron chi connectivity index (χ1n) is 9.78. The van der Waals surface area contributed by atoms with Gasteiger partial charge in [-0.05, 0) is 12.8 Å². The summed E-state index contributed by atoms with van der Waals surface area (Å²) in [5, 5.41) is 2.71. The first-order valence-corrected chi connectivity index (χ1v) is 12.7. The maximum absolute atomic E-state index is 11.4. The quantitative estimate of drug-likeness (QED) is 0.133. The lowest BCUT2D eigenvalue weighted by atomic mass is 10.2. The van der Waals surface area contributed by atoms with Crippen molar-refractivity contribution in [2.75, 3.05) is 19.7 Å². The van der Waals surface area contributed by atoms with Gasteiger partial charge in [-0.2, -0.15) is 26.3 Å². The maximum Gasteiger partial charge on any atom is 0.480 e. The minimum absolute atomic E-state index is 0.351. The van der Waals surface area contributed by atoms with E-state index in [1.807, 2.05) is 35.2 Å². The summed E-state index contributed by atoms with van der Waals surface area (Å²) >= 11 is 0. The van der Waals surface area contributed by atoms with Crippen LogP contribution in [0.2, 0.25) is 0 Å². The Labute approximate surface area is 202 Å². The summed E-state index contributed by atoms with van der Waals surface area (Å²) in [6.45, 7) is 2.14. The van der Waals surface area contributed by atoms with Crippen LogP contribution in [0.15, 0.2) is 35.6 Å². The van der Waals surface area contributed by atoms with E-state index in [4.69, 9.17) is 4.74 Å². The van der Waals surface area contributed by atoms with Crippen LogP contribution in [0.5, 0.6) is 0 Å². The number of ether oxygens (including phenoxy) is 1. The van der Waals surface area contributed by atoms with Gasteiger partial charge in [0.1, 0.15) is 0 Å². The number of isocyanates is 1. The third kappa shape index (κ3) is 14.0. The number of amides is 1. The van der Waals surface area contributed by atoms with Crippen molar-refractivity contribution in [1.82, 2.24) is 5.32 Å². The molecule has 0 spiro atoms. The highest BCUT2D eigenvalue weighted by molar-refractivity contribution is 8.13. The Bertz CT molecular complexity index is 1020. The first kappa shape index (κ1) is 33.2. The fraction of sp³-hybridized carbons (Fsp3) is 0.588. The van der Waals surface area contributed by atoms with Crippen molar-refractivity contribution in [2.45, 2.75) is 43.2 Å². The normalized spacial score (nSPS) is 12.1. The van der Waals surface area contributed by atoms with Gasteiger partial charge in [-0.25, -0.2) is 36.0 Å². The molecule has 11 nitrogen and oxygen atoms in total. The number of aliphatic imine (C=N–C) groups is 1. The highest BCUT2D eigenvalue weighted by Crippen LogP contribution is 2.36. The molecular formula is C17H22F6N4O7S2. The Morgan fingerprint density at radius 2 is 1.44 bits per heavy atom. The average Bonchev–Trinajstić information content (AvgIpc) is 2.74. The van der Waals surface area contributed by atoms with Crippen LogP contribution in [0.3, 0.4) is 0 Å². The minimum atomic E-state index is -6.72. The molecule has 0 saturated carbocycles. The number of nitrogens with one attached hydrogen (secondary N) is 1. The van der Waals surface area contributed by atoms with Crippen LogP contribution in [0, 0.1) is 0 Å². The number of carbonyl (C=O) groups is 1. The van der Waals surface area contributed by atoms with Crippen molar-refractivity contribution in [3.8, 4) is 0 Å². The van der Waals surface area contributed by atoms with E-state index < -0.39 is 31.1 Å². The number of nitrogens with zero attached hydrogens (tertiary/aromatic N) is 3. The van der Waals surface area contributed by atoms with Gasteiger partial charge in [0.15, 0.2) is 45.6 Å². The fourth-order valence-electron chi connectivity index (χ4n) is 2.00. The highest BCUT2D eigenvalue weighted by Gasteiger charge is 2.46. The van der Waals surface area contributed by atoms with Crippen molar-refractivity contribution in [3.63, 3.8) is 0 Å². The predicted molar refractivity (Wildman–Crippen MR) is 111 cm³/mol. The van der Waals surface area contributed by atoms with Gasteiger partial charge in [-0.1, -0.05) is 18.9 Å². The van der Waals surface area contributed by atoms with Crippen molar-refractivity contribution in [1.29, 1.82) is 0 Å². The summed E-state index contributed by atoms with van der Waals surface area (Å²) in [4.78, 5) is 24.7. The number of rotatable bonds is 12. The zero-order valence-corrected chi connectivity index (χ0v) is 20.0. The highest BCUT2D eigenvalue weighted by atomic mass is 32.3. The van der Waals surface area contributed by atoms with Gasteiger partial charge >= 0.3 is 17.1 Å². The molecule has 1 heterocycles. The Balaban J connectivity index is 0.000000723. The zero-order chi connectivity index (χ0) is 27.9. The zero-order valence-electron chi connectivity index (χ0n) is 18.3. The molecule has 0 radical (unpaired) electrons. The molecule has 0 aliphatic heterocycles. The average molecular weight is 573 g/mol. The number of unbranched alkanes of at least 4 members (excludes halogenated alkanes) is 3. The second-order valence-corrected chi connectivity index (χ2v) is 9.90. The number of alkyl halides is 6. The molecule has 1 aromatic rings. The van der Waals surface area contributed by atoms with Gasteiger partial charge in [-0.15, -0.1) is 0 Å².